The Labute approximate surface area is 112 Å². The molecule has 0 atom stereocenters. The second kappa shape index (κ2) is 6.20. The highest BCUT2D eigenvalue weighted by Gasteiger charge is 2.15. The van der Waals surface area contributed by atoms with E-state index < -0.39 is 0 Å². The first-order valence-electron chi connectivity index (χ1n) is 6.27. The Bertz CT molecular complexity index is 535. The van der Waals surface area contributed by atoms with Crippen molar-refractivity contribution < 1.29 is 9.21 Å². The van der Waals surface area contributed by atoms with Gasteiger partial charge in [-0.25, -0.2) is 0 Å². The van der Waals surface area contributed by atoms with Gasteiger partial charge in [0.1, 0.15) is 0 Å². The van der Waals surface area contributed by atoms with Gasteiger partial charge in [-0.2, -0.15) is 0 Å². The Morgan fingerprint density at radius 1 is 1.32 bits per heavy atom. The molecule has 0 aliphatic carbocycles. The first-order chi connectivity index (χ1) is 9.22. The lowest BCUT2D eigenvalue weighted by Crippen LogP contribution is -2.27. The van der Waals surface area contributed by atoms with Gasteiger partial charge in [0.15, 0.2) is 0 Å². The van der Waals surface area contributed by atoms with Gasteiger partial charge in [-0.05, 0) is 30.7 Å². The van der Waals surface area contributed by atoms with Crippen LogP contribution in [0.15, 0.2) is 47.3 Å². The van der Waals surface area contributed by atoms with Crippen molar-refractivity contribution in [2.75, 3.05) is 13.6 Å². The van der Waals surface area contributed by atoms with E-state index in [1.165, 1.54) is 0 Å². The van der Waals surface area contributed by atoms with Gasteiger partial charge in [0.2, 0.25) is 0 Å². The van der Waals surface area contributed by atoms with Crippen molar-refractivity contribution in [3.63, 3.8) is 0 Å². The predicted molar refractivity (Wildman–Crippen MR) is 73.7 cm³/mol. The number of carbonyl (C=O) groups excluding carboxylic acids is 1. The van der Waals surface area contributed by atoms with E-state index in [-0.39, 0.29) is 5.91 Å². The molecule has 2 rings (SSSR count). The molecule has 0 radical (unpaired) electrons. The molecule has 0 fully saturated rings. The number of furan rings is 1. The van der Waals surface area contributed by atoms with Crippen LogP contribution >= 0.6 is 0 Å². The summed E-state index contributed by atoms with van der Waals surface area (Å²) in [5.74, 6) is 0.00486. The number of nitrogens with zero attached hydrogens (tertiary/aromatic N) is 1. The van der Waals surface area contributed by atoms with Gasteiger partial charge in [0.05, 0.1) is 12.5 Å². The summed E-state index contributed by atoms with van der Waals surface area (Å²) >= 11 is 0. The monoisotopic (exact) mass is 258 g/mol. The number of rotatable bonds is 5. The van der Waals surface area contributed by atoms with Crippen molar-refractivity contribution in [3.8, 4) is 0 Å². The quantitative estimate of drug-likeness (QED) is 0.893. The van der Waals surface area contributed by atoms with Crippen molar-refractivity contribution in [1.29, 1.82) is 0 Å². The summed E-state index contributed by atoms with van der Waals surface area (Å²) in [6, 6.07) is 9.46. The fourth-order valence-corrected chi connectivity index (χ4v) is 2.04. The van der Waals surface area contributed by atoms with E-state index in [0.717, 1.165) is 16.7 Å². The van der Waals surface area contributed by atoms with E-state index in [2.05, 4.69) is 0 Å². The fourth-order valence-electron chi connectivity index (χ4n) is 2.04. The van der Waals surface area contributed by atoms with Gasteiger partial charge < -0.3 is 15.1 Å². The molecule has 2 aromatic rings. The minimum atomic E-state index is 0.00486. The molecule has 0 bridgehead atoms. The SMILES string of the molecule is CN(Cc1ccoc1)C(=O)c1ccccc1CCN. The van der Waals surface area contributed by atoms with Crippen LogP contribution in [0.2, 0.25) is 0 Å². The maximum Gasteiger partial charge on any atom is 0.254 e. The summed E-state index contributed by atoms with van der Waals surface area (Å²) in [6.45, 7) is 1.07. The van der Waals surface area contributed by atoms with Crippen molar-refractivity contribution >= 4 is 5.91 Å². The molecular weight excluding hydrogens is 240 g/mol. The minimum Gasteiger partial charge on any atom is -0.472 e. The number of hydrogen-bond donors (Lipinski definition) is 1. The van der Waals surface area contributed by atoms with E-state index in [4.69, 9.17) is 10.2 Å². The van der Waals surface area contributed by atoms with Crippen molar-refractivity contribution in [2.45, 2.75) is 13.0 Å². The van der Waals surface area contributed by atoms with Crippen LogP contribution in [0, 0.1) is 0 Å². The molecule has 0 saturated heterocycles. The van der Waals surface area contributed by atoms with E-state index in [1.807, 2.05) is 30.3 Å². The Hall–Kier alpha value is -2.07. The molecule has 1 aromatic heterocycles. The summed E-state index contributed by atoms with van der Waals surface area (Å²) in [5, 5.41) is 0. The number of nitrogens with two attached hydrogens (primary N) is 1. The lowest BCUT2D eigenvalue weighted by atomic mass is 10.0. The molecule has 0 spiro atoms. The van der Waals surface area contributed by atoms with Gasteiger partial charge >= 0.3 is 0 Å². The Balaban J connectivity index is 2.14. The van der Waals surface area contributed by atoms with Gasteiger partial charge in [0.25, 0.3) is 5.91 Å². The highest BCUT2D eigenvalue weighted by Crippen LogP contribution is 2.13. The van der Waals surface area contributed by atoms with Crippen LogP contribution in [-0.2, 0) is 13.0 Å². The van der Waals surface area contributed by atoms with E-state index in [0.29, 0.717) is 19.5 Å². The lowest BCUT2D eigenvalue weighted by Gasteiger charge is -2.18. The van der Waals surface area contributed by atoms with Crippen molar-refractivity contribution in [1.82, 2.24) is 4.90 Å². The van der Waals surface area contributed by atoms with Crippen LogP contribution in [0.1, 0.15) is 21.5 Å². The number of hydrogen-bond acceptors (Lipinski definition) is 3. The molecule has 100 valence electrons. The summed E-state index contributed by atoms with van der Waals surface area (Å²) in [5.41, 5.74) is 8.27. The van der Waals surface area contributed by atoms with Crippen molar-refractivity contribution in [2.24, 2.45) is 5.73 Å². The number of carbonyl (C=O) groups is 1. The highest BCUT2D eigenvalue weighted by molar-refractivity contribution is 5.95. The molecule has 2 N–H and O–H groups in total. The molecule has 1 heterocycles. The molecule has 0 aliphatic rings. The third kappa shape index (κ3) is 3.23. The average molecular weight is 258 g/mol. The molecule has 19 heavy (non-hydrogen) atoms. The highest BCUT2D eigenvalue weighted by atomic mass is 16.3. The zero-order valence-corrected chi connectivity index (χ0v) is 11.0. The molecule has 0 saturated carbocycles. The molecule has 4 nitrogen and oxygen atoms in total. The van der Waals surface area contributed by atoms with E-state index >= 15 is 0 Å². The molecule has 0 aliphatic heterocycles. The first kappa shape index (κ1) is 13.4. The summed E-state index contributed by atoms with van der Waals surface area (Å²) in [4.78, 5) is 14.1. The van der Waals surface area contributed by atoms with E-state index in [1.54, 1.807) is 24.5 Å². The average Bonchev–Trinajstić information content (AvgIpc) is 2.92. The van der Waals surface area contributed by atoms with Gasteiger partial charge in [0, 0.05) is 24.7 Å². The smallest absolute Gasteiger partial charge is 0.254 e. The van der Waals surface area contributed by atoms with Crippen LogP contribution in [-0.4, -0.2) is 24.4 Å². The van der Waals surface area contributed by atoms with Crippen LogP contribution in [0.4, 0.5) is 0 Å². The summed E-state index contributed by atoms with van der Waals surface area (Å²) < 4.78 is 5.01. The second-order valence-corrected chi connectivity index (χ2v) is 4.49. The Morgan fingerprint density at radius 2 is 2.11 bits per heavy atom. The van der Waals surface area contributed by atoms with Crippen molar-refractivity contribution in [3.05, 3.63) is 59.5 Å². The van der Waals surface area contributed by atoms with Gasteiger partial charge in [-0.3, -0.25) is 4.79 Å². The summed E-state index contributed by atoms with van der Waals surface area (Å²) in [7, 11) is 1.79. The van der Waals surface area contributed by atoms with Crippen LogP contribution in [0.5, 0.6) is 0 Å². The molecule has 1 aromatic carbocycles. The van der Waals surface area contributed by atoms with Crippen LogP contribution in [0.25, 0.3) is 0 Å². The normalized spacial score (nSPS) is 10.4. The third-order valence-electron chi connectivity index (χ3n) is 3.01. The molecule has 4 heteroatoms. The van der Waals surface area contributed by atoms with Gasteiger partial charge in [-0.1, -0.05) is 18.2 Å². The molecule has 1 amide bonds. The standard InChI is InChI=1S/C15H18N2O2/c1-17(10-12-7-9-19-11-12)15(18)14-5-3-2-4-13(14)6-8-16/h2-5,7,9,11H,6,8,10,16H2,1H3. The summed E-state index contributed by atoms with van der Waals surface area (Å²) in [6.07, 6.45) is 3.97. The minimum absolute atomic E-state index is 0.00486. The maximum atomic E-state index is 12.4. The molecule has 0 unspecified atom stereocenters. The first-order valence-corrected chi connectivity index (χ1v) is 6.27. The largest absolute Gasteiger partial charge is 0.472 e. The second-order valence-electron chi connectivity index (χ2n) is 4.49. The Morgan fingerprint density at radius 3 is 2.79 bits per heavy atom. The maximum absolute atomic E-state index is 12.4. The van der Waals surface area contributed by atoms with E-state index in [9.17, 15) is 4.79 Å². The fraction of sp³-hybridized carbons (Fsp3) is 0.267. The van der Waals surface area contributed by atoms with Crippen LogP contribution < -0.4 is 5.73 Å². The topological polar surface area (TPSA) is 59.5 Å². The Kier molecular flexibility index (Phi) is 4.36. The molecular formula is C15H18N2O2. The lowest BCUT2D eigenvalue weighted by molar-refractivity contribution is 0.0784. The van der Waals surface area contributed by atoms with Gasteiger partial charge in [-0.15, -0.1) is 0 Å². The predicted octanol–water partition coefficient (Wildman–Crippen LogP) is 2.05. The van der Waals surface area contributed by atoms with Crippen LogP contribution in [0.3, 0.4) is 0 Å². The zero-order chi connectivity index (χ0) is 13.7. The number of benzene rings is 1. The zero-order valence-electron chi connectivity index (χ0n) is 11.0. The third-order valence-corrected chi connectivity index (χ3v) is 3.01. The number of amides is 1.